The number of hydrogen-bond donors (Lipinski definition) is 2. The molecule has 6 nitrogen and oxygen atoms in total. The number of benzene rings is 1. The Morgan fingerprint density at radius 3 is 2.85 bits per heavy atom. The Morgan fingerprint density at radius 1 is 1.35 bits per heavy atom. The number of anilines is 1. The van der Waals surface area contributed by atoms with Gasteiger partial charge < -0.3 is 15.2 Å². The number of nitrogens with one attached hydrogen (secondary N) is 1. The first-order valence-electron chi connectivity index (χ1n) is 6.04. The lowest BCUT2D eigenvalue weighted by atomic mass is 10.1. The van der Waals surface area contributed by atoms with E-state index >= 15 is 0 Å². The summed E-state index contributed by atoms with van der Waals surface area (Å²) < 4.78 is 5.17. The van der Waals surface area contributed by atoms with Crippen molar-refractivity contribution in [1.29, 1.82) is 0 Å². The van der Waals surface area contributed by atoms with Gasteiger partial charge in [-0.1, -0.05) is 6.07 Å². The number of nitrogens with zero attached hydrogens (tertiary/aromatic N) is 1. The van der Waals surface area contributed by atoms with E-state index in [-0.39, 0.29) is 18.7 Å². The van der Waals surface area contributed by atoms with E-state index < -0.39 is 5.97 Å². The van der Waals surface area contributed by atoms with Crippen LogP contribution in [-0.2, 0) is 9.59 Å². The minimum Gasteiger partial charge on any atom is -0.497 e. The molecule has 0 atom stereocenters. The Hall–Kier alpha value is -2.63. The Bertz CT molecular complexity index is 655. The van der Waals surface area contributed by atoms with Crippen LogP contribution < -0.4 is 10.1 Å². The molecule has 0 saturated carbocycles. The maximum Gasteiger partial charge on any atom is 0.303 e. The molecule has 0 aliphatic rings. The van der Waals surface area contributed by atoms with Gasteiger partial charge in [-0.3, -0.25) is 14.6 Å². The number of carbonyl (C=O) groups is 2. The summed E-state index contributed by atoms with van der Waals surface area (Å²) >= 11 is 0. The van der Waals surface area contributed by atoms with Gasteiger partial charge in [0.2, 0.25) is 5.91 Å². The first-order chi connectivity index (χ1) is 9.60. The van der Waals surface area contributed by atoms with Crippen molar-refractivity contribution >= 4 is 28.5 Å². The van der Waals surface area contributed by atoms with Crippen LogP contribution in [0.2, 0.25) is 0 Å². The van der Waals surface area contributed by atoms with Crippen molar-refractivity contribution in [3.63, 3.8) is 0 Å². The molecular weight excluding hydrogens is 260 g/mol. The van der Waals surface area contributed by atoms with Crippen LogP contribution in [0.5, 0.6) is 5.75 Å². The second kappa shape index (κ2) is 6.01. The quantitative estimate of drug-likeness (QED) is 0.871. The molecule has 2 N–H and O–H groups in total. The Kier molecular flexibility index (Phi) is 4.14. The van der Waals surface area contributed by atoms with E-state index in [0.717, 1.165) is 5.39 Å². The highest BCUT2D eigenvalue weighted by molar-refractivity contribution is 6.01. The number of amides is 1. The average Bonchev–Trinajstić information content (AvgIpc) is 2.45. The zero-order valence-corrected chi connectivity index (χ0v) is 10.9. The second-order valence-electron chi connectivity index (χ2n) is 4.19. The van der Waals surface area contributed by atoms with E-state index in [0.29, 0.717) is 17.0 Å². The fourth-order valence-corrected chi connectivity index (χ4v) is 1.81. The summed E-state index contributed by atoms with van der Waals surface area (Å²) in [6.07, 6.45) is 1.34. The van der Waals surface area contributed by atoms with Gasteiger partial charge in [0, 0.05) is 24.1 Å². The topological polar surface area (TPSA) is 88.5 Å². The molecule has 20 heavy (non-hydrogen) atoms. The molecule has 0 spiro atoms. The fraction of sp³-hybridized carbons (Fsp3) is 0.214. The molecule has 1 aromatic carbocycles. The largest absolute Gasteiger partial charge is 0.497 e. The van der Waals surface area contributed by atoms with E-state index in [1.165, 1.54) is 7.11 Å². The van der Waals surface area contributed by atoms with Crippen LogP contribution in [0.4, 0.5) is 5.69 Å². The van der Waals surface area contributed by atoms with E-state index in [2.05, 4.69) is 10.3 Å². The minimum atomic E-state index is -1.01. The number of hydrogen-bond acceptors (Lipinski definition) is 4. The van der Waals surface area contributed by atoms with Crippen LogP contribution in [0.15, 0.2) is 30.5 Å². The molecule has 104 valence electrons. The lowest BCUT2D eigenvalue weighted by molar-refractivity contribution is -0.138. The van der Waals surface area contributed by atoms with Crippen LogP contribution in [0.3, 0.4) is 0 Å². The number of rotatable bonds is 5. The van der Waals surface area contributed by atoms with Crippen LogP contribution >= 0.6 is 0 Å². The van der Waals surface area contributed by atoms with Crippen LogP contribution in [0, 0.1) is 0 Å². The molecule has 0 saturated heterocycles. The molecule has 1 heterocycles. The van der Waals surface area contributed by atoms with Crippen molar-refractivity contribution in [2.75, 3.05) is 12.4 Å². The number of carbonyl (C=O) groups excluding carboxylic acids is 1. The highest BCUT2D eigenvalue weighted by atomic mass is 16.5. The lowest BCUT2D eigenvalue weighted by Gasteiger charge is -2.10. The highest BCUT2D eigenvalue weighted by Gasteiger charge is 2.10. The molecule has 0 aliphatic carbocycles. The molecule has 1 aromatic heterocycles. The van der Waals surface area contributed by atoms with E-state index in [9.17, 15) is 9.59 Å². The van der Waals surface area contributed by atoms with Crippen LogP contribution in [-0.4, -0.2) is 29.1 Å². The van der Waals surface area contributed by atoms with Gasteiger partial charge in [0.05, 0.1) is 24.7 Å². The molecule has 2 aromatic rings. The predicted molar refractivity (Wildman–Crippen MR) is 73.8 cm³/mol. The molecule has 6 heteroatoms. The van der Waals surface area contributed by atoms with Crippen LogP contribution in [0.25, 0.3) is 10.9 Å². The Morgan fingerprint density at radius 2 is 2.15 bits per heavy atom. The van der Waals surface area contributed by atoms with Crippen molar-refractivity contribution in [3.8, 4) is 5.75 Å². The van der Waals surface area contributed by atoms with Crippen molar-refractivity contribution in [2.24, 2.45) is 0 Å². The summed E-state index contributed by atoms with van der Waals surface area (Å²) in [7, 11) is 1.54. The maximum absolute atomic E-state index is 11.7. The molecule has 0 unspecified atom stereocenters. The van der Waals surface area contributed by atoms with E-state index in [1.807, 2.05) is 12.1 Å². The van der Waals surface area contributed by atoms with Gasteiger partial charge in [-0.15, -0.1) is 0 Å². The SMILES string of the molecule is COc1cc(NC(=O)CCC(=O)O)c2ncccc2c1. The first-order valence-corrected chi connectivity index (χ1v) is 6.04. The third kappa shape index (κ3) is 3.23. The Labute approximate surface area is 115 Å². The van der Waals surface area contributed by atoms with Gasteiger partial charge in [0.25, 0.3) is 0 Å². The molecule has 0 bridgehead atoms. The van der Waals surface area contributed by atoms with Crippen molar-refractivity contribution < 1.29 is 19.4 Å². The van der Waals surface area contributed by atoms with Gasteiger partial charge in [0.1, 0.15) is 5.75 Å². The monoisotopic (exact) mass is 274 g/mol. The standard InChI is InChI=1S/C14H14N2O4/c1-20-10-7-9-3-2-6-15-14(9)11(8-10)16-12(17)4-5-13(18)19/h2-3,6-8H,4-5H2,1H3,(H,16,17)(H,18,19). The van der Waals surface area contributed by atoms with E-state index in [4.69, 9.17) is 9.84 Å². The van der Waals surface area contributed by atoms with Crippen molar-refractivity contribution in [1.82, 2.24) is 4.98 Å². The first kappa shape index (κ1) is 13.8. The number of pyridine rings is 1. The number of aliphatic carboxylic acids is 1. The number of carboxylic acid groups (broad SMARTS) is 1. The Balaban J connectivity index is 2.28. The smallest absolute Gasteiger partial charge is 0.303 e. The number of aromatic nitrogens is 1. The molecule has 2 rings (SSSR count). The summed E-state index contributed by atoms with van der Waals surface area (Å²) in [6, 6.07) is 7.12. The summed E-state index contributed by atoms with van der Waals surface area (Å²) in [6.45, 7) is 0. The highest BCUT2D eigenvalue weighted by Crippen LogP contribution is 2.27. The number of ether oxygens (including phenoxy) is 1. The van der Waals surface area contributed by atoms with Gasteiger partial charge in [-0.05, 0) is 12.1 Å². The number of carboxylic acids is 1. The zero-order chi connectivity index (χ0) is 14.5. The summed E-state index contributed by atoms with van der Waals surface area (Å²) in [5.74, 6) is -0.777. The summed E-state index contributed by atoms with van der Waals surface area (Å²) in [5, 5.41) is 12.1. The molecule has 0 radical (unpaired) electrons. The maximum atomic E-state index is 11.7. The molecule has 0 aliphatic heterocycles. The lowest BCUT2D eigenvalue weighted by Crippen LogP contribution is -2.13. The summed E-state index contributed by atoms with van der Waals surface area (Å²) in [5.41, 5.74) is 1.15. The second-order valence-corrected chi connectivity index (χ2v) is 4.19. The average molecular weight is 274 g/mol. The summed E-state index contributed by atoms with van der Waals surface area (Å²) in [4.78, 5) is 26.4. The van der Waals surface area contributed by atoms with Gasteiger partial charge in [-0.2, -0.15) is 0 Å². The molecular formula is C14H14N2O4. The van der Waals surface area contributed by atoms with Crippen LogP contribution in [0.1, 0.15) is 12.8 Å². The zero-order valence-electron chi connectivity index (χ0n) is 10.9. The third-order valence-corrected chi connectivity index (χ3v) is 2.75. The number of methoxy groups -OCH3 is 1. The van der Waals surface area contributed by atoms with Crippen molar-refractivity contribution in [3.05, 3.63) is 30.5 Å². The predicted octanol–water partition coefficient (Wildman–Crippen LogP) is 2.05. The van der Waals surface area contributed by atoms with Gasteiger partial charge >= 0.3 is 5.97 Å². The third-order valence-electron chi connectivity index (χ3n) is 2.75. The van der Waals surface area contributed by atoms with Gasteiger partial charge in [0.15, 0.2) is 0 Å². The molecule has 0 fully saturated rings. The van der Waals surface area contributed by atoms with Crippen molar-refractivity contribution in [2.45, 2.75) is 12.8 Å². The number of fused-ring (bicyclic) bond motifs is 1. The molecule has 1 amide bonds. The minimum absolute atomic E-state index is 0.0825. The fourth-order valence-electron chi connectivity index (χ4n) is 1.81. The van der Waals surface area contributed by atoms with E-state index in [1.54, 1.807) is 18.3 Å². The van der Waals surface area contributed by atoms with Gasteiger partial charge in [-0.25, -0.2) is 0 Å². The normalized spacial score (nSPS) is 10.2.